The maximum absolute atomic E-state index is 12.5. The number of ether oxygens (including phenoxy) is 1. The first kappa shape index (κ1) is 20.5. The quantitative estimate of drug-likeness (QED) is 0.455. The van der Waals surface area contributed by atoms with E-state index in [1.807, 2.05) is 48.7 Å². The van der Waals surface area contributed by atoms with Gasteiger partial charge in [0.2, 0.25) is 0 Å². The third-order valence-corrected chi connectivity index (χ3v) is 5.14. The molecule has 0 saturated heterocycles. The Hall–Kier alpha value is -3.72. The maximum atomic E-state index is 12.5. The van der Waals surface area contributed by atoms with Crippen molar-refractivity contribution in [1.82, 2.24) is 20.1 Å². The van der Waals surface area contributed by atoms with Crippen LogP contribution in [0, 0.1) is 6.92 Å². The largest absolute Gasteiger partial charge is 0.492 e. The fourth-order valence-electron chi connectivity index (χ4n) is 2.84. The van der Waals surface area contributed by atoms with Crippen LogP contribution >= 0.6 is 11.3 Å². The zero-order valence-corrected chi connectivity index (χ0v) is 17.6. The molecule has 31 heavy (non-hydrogen) atoms. The van der Waals surface area contributed by atoms with Crippen LogP contribution in [0.2, 0.25) is 0 Å². The Morgan fingerprint density at radius 2 is 2.00 bits per heavy atom. The molecule has 0 atom stereocenters. The monoisotopic (exact) mass is 436 g/mol. The van der Waals surface area contributed by atoms with Crippen molar-refractivity contribution in [2.45, 2.75) is 20.0 Å². The van der Waals surface area contributed by atoms with Crippen LogP contribution in [0.15, 0.2) is 69.2 Å². The van der Waals surface area contributed by atoms with Crippen LogP contribution in [0.1, 0.15) is 21.3 Å². The molecular weight excluding hydrogens is 416 g/mol. The van der Waals surface area contributed by atoms with E-state index in [0.29, 0.717) is 17.3 Å². The first-order valence-electron chi connectivity index (χ1n) is 9.64. The fraction of sp³-hybridized carbons (Fsp3) is 0.182. The summed E-state index contributed by atoms with van der Waals surface area (Å²) in [5, 5.41) is 9.78. The number of aryl methyl sites for hydroxylation is 1. The second kappa shape index (κ2) is 9.40. The number of furan rings is 1. The number of hydrogen-bond donors (Lipinski definition) is 1. The summed E-state index contributed by atoms with van der Waals surface area (Å²) in [4.78, 5) is 28.9. The summed E-state index contributed by atoms with van der Waals surface area (Å²) in [7, 11) is 0. The van der Waals surface area contributed by atoms with E-state index < -0.39 is 5.91 Å². The van der Waals surface area contributed by atoms with Gasteiger partial charge in [0, 0.05) is 11.4 Å². The molecular formula is C22H20N4O4S. The SMILES string of the molecule is Cc1nc(-c2ccc(CNC(=O)c3ccc(=O)n(CCOc4ccccc4)n3)o2)cs1. The number of rotatable bonds is 8. The summed E-state index contributed by atoms with van der Waals surface area (Å²) >= 11 is 1.54. The Kier molecular flexibility index (Phi) is 6.23. The first-order valence-corrected chi connectivity index (χ1v) is 10.5. The van der Waals surface area contributed by atoms with Gasteiger partial charge in [-0.05, 0) is 37.3 Å². The lowest BCUT2D eigenvalue weighted by atomic mass is 10.3. The summed E-state index contributed by atoms with van der Waals surface area (Å²) in [6.45, 7) is 2.61. The number of thiazole rings is 1. The minimum absolute atomic E-state index is 0.140. The molecule has 0 spiro atoms. The number of nitrogens with zero attached hydrogens (tertiary/aromatic N) is 3. The smallest absolute Gasteiger partial charge is 0.272 e. The van der Waals surface area contributed by atoms with Crippen molar-refractivity contribution in [2.24, 2.45) is 0 Å². The third kappa shape index (κ3) is 5.26. The lowest BCUT2D eigenvalue weighted by molar-refractivity contribution is 0.0940. The van der Waals surface area contributed by atoms with E-state index >= 15 is 0 Å². The summed E-state index contributed by atoms with van der Waals surface area (Å²) < 4.78 is 12.6. The first-order chi connectivity index (χ1) is 15.1. The maximum Gasteiger partial charge on any atom is 0.272 e. The van der Waals surface area contributed by atoms with E-state index in [1.54, 1.807) is 17.4 Å². The highest BCUT2D eigenvalue weighted by Gasteiger charge is 2.12. The molecule has 0 aliphatic heterocycles. The van der Waals surface area contributed by atoms with E-state index in [4.69, 9.17) is 9.15 Å². The van der Waals surface area contributed by atoms with Crippen LogP contribution in [-0.4, -0.2) is 27.3 Å². The molecule has 0 aliphatic rings. The molecule has 1 N–H and O–H groups in total. The number of carbonyl (C=O) groups is 1. The number of hydrogen-bond acceptors (Lipinski definition) is 7. The van der Waals surface area contributed by atoms with Gasteiger partial charge in [0.25, 0.3) is 11.5 Å². The van der Waals surface area contributed by atoms with E-state index in [9.17, 15) is 9.59 Å². The molecule has 0 fully saturated rings. The lowest BCUT2D eigenvalue weighted by Crippen LogP contribution is -2.30. The van der Waals surface area contributed by atoms with Gasteiger partial charge in [0.15, 0.2) is 5.76 Å². The van der Waals surface area contributed by atoms with Gasteiger partial charge in [0.05, 0.1) is 18.1 Å². The van der Waals surface area contributed by atoms with Gasteiger partial charge in [-0.1, -0.05) is 18.2 Å². The van der Waals surface area contributed by atoms with Crippen LogP contribution in [0.5, 0.6) is 5.75 Å². The summed E-state index contributed by atoms with van der Waals surface area (Å²) in [6.07, 6.45) is 0. The van der Waals surface area contributed by atoms with Crippen molar-refractivity contribution in [2.75, 3.05) is 6.61 Å². The highest BCUT2D eigenvalue weighted by atomic mass is 32.1. The van der Waals surface area contributed by atoms with Gasteiger partial charge < -0.3 is 14.5 Å². The van der Waals surface area contributed by atoms with Crippen molar-refractivity contribution in [3.8, 4) is 17.2 Å². The molecule has 0 bridgehead atoms. The predicted molar refractivity (Wildman–Crippen MR) is 116 cm³/mol. The molecule has 3 heterocycles. The number of amides is 1. The summed E-state index contributed by atoms with van der Waals surface area (Å²) in [5.74, 6) is 1.55. The molecule has 0 radical (unpaired) electrons. The molecule has 4 rings (SSSR count). The zero-order chi connectivity index (χ0) is 21.6. The zero-order valence-electron chi connectivity index (χ0n) is 16.8. The number of aromatic nitrogens is 3. The van der Waals surface area contributed by atoms with Crippen LogP contribution in [0.3, 0.4) is 0 Å². The minimum atomic E-state index is -0.403. The number of carbonyl (C=O) groups excluding carboxylic acids is 1. The molecule has 4 aromatic rings. The standard InChI is InChI=1S/C22H20N4O4S/c1-15-24-19(14-31-15)20-9-7-17(30-20)13-23-22(28)18-8-10-21(27)26(25-18)11-12-29-16-5-3-2-4-6-16/h2-10,14H,11-13H2,1H3,(H,23,28). The molecule has 1 amide bonds. The molecule has 158 valence electrons. The highest BCUT2D eigenvalue weighted by molar-refractivity contribution is 7.09. The van der Waals surface area contributed by atoms with E-state index in [2.05, 4.69) is 15.4 Å². The lowest BCUT2D eigenvalue weighted by Gasteiger charge is -2.09. The summed E-state index contributed by atoms with van der Waals surface area (Å²) in [5.41, 5.74) is 0.607. The highest BCUT2D eigenvalue weighted by Crippen LogP contribution is 2.23. The van der Waals surface area contributed by atoms with E-state index in [1.165, 1.54) is 16.8 Å². The topological polar surface area (TPSA) is 99.2 Å². The Bertz CT molecular complexity index is 1230. The molecule has 3 aromatic heterocycles. The van der Waals surface area contributed by atoms with E-state index in [0.717, 1.165) is 10.7 Å². The van der Waals surface area contributed by atoms with Crippen LogP contribution in [0.25, 0.3) is 11.5 Å². The Morgan fingerprint density at radius 1 is 1.16 bits per heavy atom. The van der Waals surface area contributed by atoms with Crippen molar-refractivity contribution in [1.29, 1.82) is 0 Å². The average Bonchev–Trinajstić information content (AvgIpc) is 3.43. The number of para-hydroxylation sites is 1. The van der Waals surface area contributed by atoms with Crippen molar-refractivity contribution < 1.29 is 13.9 Å². The second-order valence-corrected chi connectivity index (χ2v) is 7.70. The molecule has 9 heteroatoms. The fourth-order valence-corrected chi connectivity index (χ4v) is 3.44. The Morgan fingerprint density at radius 3 is 2.77 bits per heavy atom. The molecule has 8 nitrogen and oxygen atoms in total. The van der Waals surface area contributed by atoms with Crippen LogP contribution in [0.4, 0.5) is 0 Å². The van der Waals surface area contributed by atoms with E-state index in [-0.39, 0.29) is 30.9 Å². The third-order valence-electron chi connectivity index (χ3n) is 4.37. The van der Waals surface area contributed by atoms with Crippen LogP contribution < -0.4 is 15.6 Å². The second-order valence-electron chi connectivity index (χ2n) is 6.64. The van der Waals surface area contributed by atoms with Gasteiger partial charge >= 0.3 is 0 Å². The molecule has 1 aromatic carbocycles. The van der Waals surface area contributed by atoms with Crippen molar-refractivity contribution in [3.05, 3.63) is 86.8 Å². The van der Waals surface area contributed by atoms with Gasteiger partial charge in [-0.15, -0.1) is 11.3 Å². The molecule has 0 saturated carbocycles. The Balaban J connectivity index is 1.34. The molecule has 0 aliphatic carbocycles. The van der Waals surface area contributed by atoms with Crippen molar-refractivity contribution in [3.63, 3.8) is 0 Å². The predicted octanol–water partition coefficient (Wildman–Crippen LogP) is 3.28. The Labute approximate surface area is 182 Å². The van der Waals surface area contributed by atoms with Crippen molar-refractivity contribution >= 4 is 17.2 Å². The number of nitrogens with one attached hydrogen (secondary N) is 1. The number of benzene rings is 1. The normalized spacial score (nSPS) is 10.7. The average molecular weight is 436 g/mol. The van der Waals surface area contributed by atoms with Crippen LogP contribution in [-0.2, 0) is 13.1 Å². The summed E-state index contributed by atoms with van der Waals surface area (Å²) in [6, 6.07) is 15.6. The van der Waals surface area contributed by atoms with Gasteiger partial charge in [-0.3, -0.25) is 9.59 Å². The van der Waals surface area contributed by atoms with Gasteiger partial charge in [-0.25, -0.2) is 9.67 Å². The minimum Gasteiger partial charge on any atom is -0.492 e. The molecule has 0 unspecified atom stereocenters. The van der Waals surface area contributed by atoms with Gasteiger partial charge in [0.1, 0.15) is 29.5 Å². The van der Waals surface area contributed by atoms with Gasteiger partial charge in [-0.2, -0.15) is 5.10 Å².